The average Bonchev–Trinajstić information content (AvgIpc) is 2.81. The van der Waals surface area contributed by atoms with Gasteiger partial charge in [-0.05, 0) is 26.3 Å². The van der Waals surface area contributed by atoms with Crippen LogP contribution in [0, 0.1) is 0 Å². The van der Waals surface area contributed by atoms with E-state index in [4.69, 9.17) is 15.2 Å². The Morgan fingerprint density at radius 3 is 2.83 bits per heavy atom. The highest BCUT2D eigenvalue weighted by Gasteiger charge is 2.34. The molecule has 1 aromatic heterocycles. The Labute approximate surface area is 139 Å². The van der Waals surface area contributed by atoms with Crippen LogP contribution in [-0.4, -0.2) is 37.3 Å². The third kappa shape index (κ3) is 4.21. The Hall–Kier alpha value is -1.64. The first kappa shape index (κ1) is 17.7. The molecule has 0 atom stereocenters. The lowest BCUT2D eigenvalue weighted by Gasteiger charge is -2.30. The van der Waals surface area contributed by atoms with E-state index in [0.29, 0.717) is 36.7 Å². The van der Waals surface area contributed by atoms with Crippen LogP contribution in [0.4, 0.5) is 9.80 Å². The number of hydrogen-bond acceptors (Lipinski definition) is 6. The fourth-order valence-electron chi connectivity index (χ4n) is 2.39. The molecule has 0 radical (unpaired) electrons. The number of carbonyl (C=O) groups is 2. The zero-order chi connectivity index (χ0) is 17.0. The van der Waals surface area contributed by atoms with Gasteiger partial charge in [-0.25, -0.2) is 9.59 Å². The molecule has 23 heavy (non-hydrogen) atoms. The number of esters is 1. The highest BCUT2D eigenvalue weighted by molar-refractivity contribution is 7.17. The number of nitrogens with two attached hydrogens (primary N) is 1. The molecule has 2 rings (SSSR count). The van der Waals surface area contributed by atoms with Crippen LogP contribution in [0.2, 0.25) is 0 Å². The topological polar surface area (TPSA) is 103 Å². The van der Waals surface area contributed by atoms with Crippen LogP contribution in [0.25, 0.3) is 0 Å². The summed E-state index contributed by atoms with van der Waals surface area (Å²) in [6.45, 7) is 7.12. The number of anilines is 1. The number of carbonyl (C=O) groups excluding carboxylic acids is 2. The second-order valence-corrected chi connectivity index (χ2v) is 6.93. The van der Waals surface area contributed by atoms with Gasteiger partial charge in [0.1, 0.15) is 5.00 Å². The summed E-state index contributed by atoms with van der Waals surface area (Å²) in [6, 6.07) is -0.389. The van der Waals surface area contributed by atoms with Crippen molar-refractivity contribution in [3.8, 4) is 0 Å². The van der Waals surface area contributed by atoms with Gasteiger partial charge in [0, 0.05) is 24.4 Å². The fraction of sp³-hybridized carbons (Fsp3) is 0.600. The van der Waals surface area contributed by atoms with Crippen molar-refractivity contribution in [2.75, 3.05) is 25.0 Å². The molecule has 0 saturated heterocycles. The highest BCUT2D eigenvalue weighted by Crippen LogP contribution is 2.40. The lowest BCUT2D eigenvalue weighted by atomic mass is 9.93. The number of urea groups is 1. The molecule has 2 heterocycles. The van der Waals surface area contributed by atoms with Gasteiger partial charge in [-0.15, -0.1) is 11.3 Å². The first-order valence-corrected chi connectivity index (χ1v) is 8.40. The maximum Gasteiger partial charge on any atom is 0.341 e. The normalized spacial score (nSPS) is 15.7. The molecular weight excluding hydrogens is 318 g/mol. The molecule has 2 amide bonds. The Balaban J connectivity index is 2.32. The monoisotopic (exact) mass is 341 g/mol. The molecule has 7 nitrogen and oxygen atoms in total. The van der Waals surface area contributed by atoms with Crippen molar-refractivity contribution >= 4 is 28.3 Å². The number of fused-ring (bicyclic) bond motifs is 1. The lowest BCUT2D eigenvalue weighted by Crippen LogP contribution is -2.33. The van der Waals surface area contributed by atoms with Gasteiger partial charge in [-0.2, -0.15) is 0 Å². The van der Waals surface area contributed by atoms with Crippen LogP contribution >= 0.6 is 11.3 Å². The van der Waals surface area contributed by atoms with Crippen LogP contribution in [0.15, 0.2) is 0 Å². The summed E-state index contributed by atoms with van der Waals surface area (Å²) < 4.78 is 10.9. The van der Waals surface area contributed by atoms with E-state index in [1.807, 2.05) is 13.8 Å². The van der Waals surface area contributed by atoms with Crippen molar-refractivity contribution in [2.24, 2.45) is 5.73 Å². The minimum atomic E-state index is -0.420. The Kier molecular flexibility index (Phi) is 5.61. The van der Waals surface area contributed by atoms with Crippen LogP contribution in [-0.2, 0) is 22.5 Å². The summed E-state index contributed by atoms with van der Waals surface area (Å²) in [5.41, 5.74) is 6.35. The molecule has 0 saturated carbocycles. The molecule has 1 aromatic rings. The Morgan fingerprint density at radius 1 is 1.43 bits per heavy atom. The molecule has 0 spiro atoms. The molecule has 1 aliphatic heterocycles. The first-order valence-electron chi connectivity index (χ1n) is 7.58. The minimum Gasteiger partial charge on any atom is -0.462 e. The second kappa shape index (κ2) is 7.29. The first-order chi connectivity index (χ1) is 10.9. The summed E-state index contributed by atoms with van der Waals surface area (Å²) >= 11 is 1.35. The molecule has 0 unspecified atom stereocenters. The Bertz CT molecular complexity index is 598. The SMILES string of the molecule is CCOC(=O)c1c(NC(=O)NCCN)sc2c1CC(C)(C)OC2. The predicted molar refractivity (Wildman–Crippen MR) is 88.9 cm³/mol. The minimum absolute atomic E-state index is 0.280. The van der Waals surface area contributed by atoms with E-state index in [-0.39, 0.29) is 18.2 Å². The summed E-state index contributed by atoms with van der Waals surface area (Å²) in [7, 11) is 0. The molecule has 0 bridgehead atoms. The molecular formula is C15H23N3O4S. The van der Waals surface area contributed by atoms with Crippen molar-refractivity contribution < 1.29 is 19.1 Å². The van der Waals surface area contributed by atoms with Gasteiger partial charge in [-0.1, -0.05) is 0 Å². The zero-order valence-corrected chi connectivity index (χ0v) is 14.5. The fourth-order valence-corrected chi connectivity index (χ4v) is 3.51. The number of nitrogens with one attached hydrogen (secondary N) is 2. The summed E-state index contributed by atoms with van der Waals surface area (Å²) in [5.74, 6) is -0.420. The van der Waals surface area contributed by atoms with Gasteiger partial charge in [0.2, 0.25) is 0 Å². The maximum atomic E-state index is 12.4. The molecule has 4 N–H and O–H groups in total. The quantitative estimate of drug-likeness (QED) is 0.709. The van der Waals surface area contributed by atoms with Crippen LogP contribution < -0.4 is 16.4 Å². The number of thiophene rings is 1. The molecule has 128 valence electrons. The van der Waals surface area contributed by atoms with Crippen LogP contribution in [0.3, 0.4) is 0 Å². The van der Waals surface area contributed by atoms with E-state index in [2.05, 4.69) is 10.6 Å². The standard InChI is InChI=1S/C15H23N3O4S/c1-4-21-13(19)11-9-7-15(2,3)22-8-10(9)23-12(11)18-14(20)17-6-5-16/h4-8,16H2,1-3H3,(H2,17,18,20). The van der Waals surface area contributed by atoms with Gasteiger partial charge in [-0.3, -0.25) is 5.32 Å². The third-order valence-corrected chi connectivity index (χ3v) is 4.54. The summed E-state index contributed by atoms with van der Waals surface area (Å²) in [6.07, 6.45) is 0.596. The summed E-state index contributed by atoms with van der Waals surface area (Å²) in [5, 5.41) is 5.84. The van der Waals surface area contributed by atoms with Gasteiger partial charge >= 0.3 is 12.0 Å². The smallest absolute Gasteiger partial charge is 0.341 e. The second-order valence-electron chi connectivity index (χ2n) is 5.82. The zero-order valence-electron chi connectivity index (χ0n) is 13.7. The summed E-state index contributed by atoms with van der Waals surface area (Å²) in [4.78, 5) is 25.2. The van der Waals surface area contributed by atoms with Gasteiger partial charge in [0.15, 0.2) is 0 Å². The van der Waals surface area contributed by atoms with Crippen LogP contribution in [0.1, 0.15) is 41.6 Å². The average molecular weight is 341 g/mol. The van der Waals surface area contributed by atoms with E-state index in [1.54, 1.807) is 6.92 Å². The number of amides is 2. The molecule has 0 aromatic carbocycles. The van der Waals surface area contributed by atoms with E-state index in [1.165, 1.54) is 11.3 Å². The van der Waals surface area contributed by atoms with Gasteiger partial charge < -0.3 is 20.5 Å². The van der Waals surface area contributed by atoms with Crippen molar-refractivity contribution in [1.82, 2.24) is 5.32 Å². The highest BCUT2D eigenvalue weighted by atomic mass is 32.1. The number of rotatable bonds is 5. The van der Waals surface area contributed by atoms with E-state index in [9.17, 15) is 9.59 Å². The number of hydrogen-bond donors (Lipinski definition) is 3. The van der Waals surface area contributed by atoms with Crippen molar-refractivity contribution in [1.29, 1.82) is 0 Å². The van der Waals surface area contributed by atoms with E-state index >= 15 is 0 Å². The van der Waals surface area contributed by atoms with Crippen molar-refractivity contribution in [3.63, 3.8) is 0 Å². The van der Waals surface area contributed by atoms with Crippen molar-refractivity contribution in [2.45, 2.75) is 39.4 Å². The number of ether oxygens (including phenoxy) is 2. The maximum absolute atomic E-state index is 12.4. The Morgan fingerprint density at radius 2 is 2.17 bits per heavy atom. The largest absolute Gasteiger partial charge is 0.462 e. The van der Waals surface area contributed by atoms with Crippen LogP contribution in [0.5, 0.6) is 0 Å². The van der Waals surface area contributed by atoms with E-state index in [0.717, 1.165) is 10.4 Å². The van der Waals surface area contributed by atoms with Crippen molar-refractivity contribution in [3.05, 3.63) is 16.0 Å². The van der Waals surface area contributed by atoms with Gasteiger partial charge in [0.05, 0.1) is 24.4 Å². The third-order valence-electron chi connectivity index (χ3n) is 3.42. The molecule has 0 aliphatic carbocycles. The van der Waals surface area contributed by atoms with Gasteiger partial charge in [0.25, 0.3) is 0 Å². The van der Waals surface area contributed by atoms with E-state index < -0.39 is 5.97 Å². The molecule has 8 heteroatoms. The predicted octanol–water partition coefficient (Wildman–Crippen LogP) is 1.86. The molecule has 1 aliphatic rings. The molecule has 0 fully saturated rings. The lowest BCUT2D eigenvalue weighted by molar-refractivity contribution is -0.0384.